The SMILES string of the molecule is COc1ccc(CNC(C)C(=O)O)c(OC)c1. The van der Waals surface area contributed by atoms with Gasteiger partial charge in [-0.2, -0.15) is 0 Å². The summed E-state index contributed by atoms with van der Waals surface area (Å²) in [5.74, 6) is 0.504. The summed E-state index contributed by atoms with van der Waals surface area (Å²) in [6.07, 6.45) is 0. The molecule has 0 spiro atoms. The summed E-state index contributed by atoms with van der Waals surface area (Å²) in [4.78, 5) is 10.7. The van der Waals surface area contributed by atoms with Gasteiger partial charge in [-0.15, -0.1) is 0 Å². The topological polar surface area (TPSA) is 67.8 Å². The average Bonchev–Trinajstić information content (AvgIpc) is 2.35. The van der Waals surface area contributed by atoms with Crippen molar-refractivity contribution >= 4 is 5.97 Å². The normalized spacial score (nSPS) is 11.9. The van der Waals surface area contributed by atoms with Crippen LogP contribution in [-0.2, 0) is 11.3 Å². The Morgan fingerprint density at radius 2 is 2.12 bits per heavy atom. The van der Waals surface area contributed by atoms with E-state index in [0.29, 0.717) is 18.0 Å². The van der Waals surface area contributed by atoms with Gasteiger partial charge in [0.2, 0.25) is 0 Å². The molecular weight excluding hydrogens is 222 g/mol. The smallest absolute Gasteiger partial charge is 0.320 e. The van der Waals surface area contributed by atoms with Crippen molar-refractivity contribution in [1.82, 2.24) is 5.32 Å². The van der Waals surface area contributed by atoms with Crippen molar-refractivity contribution < 1.29 is 19.4 Å². The number of ether oxygens (including phenoxy) is 2. The van der Waals surface area contributed by atoms with Crippen LogP contribution in [0.5, 0.6) is 11.5 Å². The van der Waals surface area contributed by atoms with E-state index in [2.05, 4.69) is 5.32 Å². The van der Waals surface area contributed by atoms with Gasteiger partial charge in [-0.25, -0.2) is 0 Å². The van der Waals surface area contributed by atoms with Gasteiger partial charge >= 0.3 is 5.97 Å². The fraction of sp³-hybridized carbons (Fsp3) is 0.417. The number of hydrogen-bond acceptors (Lipinski definition) is 4. The third-order valence-electron chi connectivity index (χ3n) is 2.46. The molecule has 1 aromatic rings. The summed E-state index contributed by atoms with van der Waals surface area (Å²) >= 11 is 0. The van der Waals surface area contributed by atoms with Crippen molar-refractivity contribution in [2.24, 2.45) is 0 Å². The predicted octanol–water partition coefficient (Wildman–Crippen LogP) is 1.27. The van der Waals surface area contributed by atoms with Crippen LogP contribution in [0.2, 0.25) is 0 Å². The van der Waals surface area contributed by atoms with Crippen LogP contribution in [0.1, 0.15) is 12.5 Å². The molecule has 0 aromatic heterocycles. The highest BCUT2D eigenvalue weighted by atomic mass is 16.5. The van der Waals surface area contributed by atoms with Crippen molar-refractivity contribution in [3.8, 4) is 11.5 Å². The summed E-state index contributed by atoms with van der Waals surface area (Å²) in [5, 5.41) is 11.6. The number of carboxylic acids is 1. The maximum absolute atomic E-state index is 10.7. The van der Waals surface area contributed by atoms with Crippen LogP contribution < -0.4 is 14.8 Å². The van der Waals surface area contributed by atoms with E-state index < -0.39 is 12.0 Å². The number of aliphatic carboxylic acids is 1. The molecular formula is C12H17NO4. The molecule has 5 nitrogen and oxygen atoms in total. The minimum atomic E-state index is -0.877. The number of carbonyl (C=O) groups is 1. The highest BCUT2D eigenvalue weighted by Gasteiger charge is 2.11. The zero-order valence-electron chi connectivity index (χ0n) is 10.2. The molecule has 1 atom stereocenters. The van der Waals surface area contributed by atoms with Gasteiger partial charge in [-0.05, 0) is 13.0 Å². The Kier molecular flexibility index (Phi) is 4.78. The Balaban J connectivity index is 2.73. The monoisotopic (exact) mass is 239 g/mol. The summed E-state index contributed by atoms with van der Waals surface area (Å²) in [6.45, 7) is 2.03. The second-order valence-corrected chi connectivity index (χ2v) is 3.62. The molecule has 17 heavy (non-hydrogen) atoms. The number of carboxylic acid groups (broad SMARTS) is 1. The Hall–Kier alpha value is -1.75. The standard InChI is InChI=1S/C12H17NO4/c1-8(12(14)15)13-7-9-4-5-10(16-2)6-11(9)17-3/h4-6,8,13H,7H2,1-3H3,(H,14,15). The minimum Gasteiger partial charge on any atom is -0.497 e. The largest absolute Gasteiger partial charge is 0.497 e. The van der Waals surface area contributed by atoms with Gasteiger partial charge in [-0.3, -0.25) is 4.79 Å². The first kappa shape index (κ1) is 13.3. The molecule has 94 valence electrons. The van der Waals surface area contributed by atoms with Gasteiger partial charge in [-0.1, -0.05) is 6.07 Å². The van der Waals surface area contributed by atoms with E-state index in [1.54, 1.807) is 27.2 Å². The minimum absolute atomic E-state index is 0.431. The summed E-state index contributed by atoms with van der Waals surface area (Å²) < 4.78 is 10.3. The molecule has 1 aromatic carbocycles. The predicted molar refractivity (Wildman–Crippen MR) is 63.5 cm³/mol. The maximum Gasteiger partial charge on any atom is 0.320 e. The van der Waals surface area contributed by atoms with Gasteiger partial charge in [0.05, 0.1) is 14.2 Å². The molecule has 0 saturated carbocycles. The first-order valence-corrected chi connectivity index (χ1v) is 5.25. The molecule has 5 heteroatoms. The van der Waals surface area contributed by atoms with Crippen LogP contribution >= 0.6 is 0 Å². The van der Waals surface area contributed by atoms with Crippen molar-refractivity contribution in [3.05, 3.63) is 23.8 Å². The fourth-order valence-electron chi connectivity index (χ4n) is 1.35. The van der Waals surface area contributed by atoms with Crippen LogP contribution in [0, 0.1) is 0 Å². The van der Waals surface area contributed by atoms with Crippen LogP contribution in [0.15, 0.2) is 18.2 Å². The molecule has 2 N–H and O–H groups in total. The number of benzene rings is 1. The lowest BCUT2D eigenvalue weighted by Gasteiger charge is -2.13. The second-order valence-electron chi connectivity index (χ2n) is 3.62. The second kappa shape index (κ2) is 6.10. The first-order valence-electron chi connectivity index (χ1n) is 5.25. The maximum atomic E-state index is 10.7. The van der Waals surface area contributed by atoms with Gasteiger partial charge in [0.1, 0.15) is 17.5 Å². The summed E-state index contributed by atoms with van der Waals surface area (Å²) in [5.41, 5.74) is 0.890. The Bertz CT molecular complexity index is 392. The molecule has 0 fully saturated rings. The molecule has 1 rings (SSSR count). The number of hydrogen-bond donors (Lipinski definition) is 2. The zero-order valence-corrected chi connectivity index (χ0v) is 10.2. The van der Waals surface area contributed by atoms with E-state index in [1.165, 1.54) is 0 Å². The third kappa shape index (κ3) is 3.64. The summed E-state index contributed by atoms with van der Waals surface area (Å²) in [7, 11) is 3.15. The first-order chi connectivity index (χ1) is 8.08. The van der Waals surface area contributed by atoms with Crippen molar-refractivity contribution in [2.45, 2.75) is 19.5 Å². The van der Waals surface area contributed by atoms with E-state index in [0.717, 1.165) is 5.56 Å². The van der Waals surface area contributed by atoms with Crippen molar-refractivity contribution in [2.75, 3.05) is 14.2 Å². The van der Waals surface area contributed by atoms with Gasteiger partial charge in [0, 0.05) is 18.2 Å². The lowest BCUT2D eigenvalue weighted by Crippen LogP contribution is -2.33. The van der Waals surface area contributed by atoms with Gasteiger partial charge in [0.25, 0.3) is 0 Å². The number of nitrogens with one attached hydrogen (secondary N) is 1. The summed E-state index contributed by atoms with van der Waals surface area (Å²) in [6, 6.07) is 4.83. The van der Waals surface area contributed by atoms with Gasteiger partial charge in [0.15, 0.2) is 0 Å². The zero-order chi connectivity index (χ0) is 12.8. The number of rotatable bonds is 6. The molecule has 0 bridgehead atoms. The lowest BCUT2D eigenvalue weighted by atomic mass is 10.1. The van der Waals surface area contributed by atoms with Crippen LogP contribution in [0.3, 0.4) is 0 Å². The fourth-order valence-corrected chi connectivity index (χ4v) is 1.35. The molecule has 0 radical (unpaired) electrons. The Labute approximate surface area is 100 Å². The van der Waals surface area contributed by atoms with E-state index in [4.69, 9.17) is 14.6 Å². The third-order valence-corrected chi connectivity index (χ3v) is 2.46. The van der Waals surface area contributed by atoms with E-state index in [1.807, 2.05) is 12.1 Å². The molecule has 0 aliphatic heterocycles. The highest BCUT2D eigenvalue weighted by Crippen LogP contribution is 2.24. The van der Waals surface area contributed by atoms with Gasteiger partial charge < -0.3 is 19.9 Å². The van der Waals surface area contributed by atoms with Crippen molar-refractivity contribution in [3.63, 3.8) is 0 Å². The average molecular weight is 239 g/mol. The molecule has 0 heterocycles. The van der Waals surface area contributed by atoms with E-state index >= 15 is 0 Å². The quantitative estimate of drug-likeness (QED) is 0.782. The van der Waals surface area contributed by atoms with E-state index in [-0.39, 0.29) is 0 Å². The van der Waals surface area contributed by atoms with E-state index in [9.17, 15) is 4.79 Å². The van der Waals surface area contributed by atoms with Crippen LogP contribution in [-0.4, -0.2) is 31.3 Å². The van der Waals surface area contributed by atoms with Crippen molar-refractivity contribution in [1.29, 1.82) is 0 Å². The highest BCUT2D eigenvalue weighted by molar-refractivity contribution is 5.72. The molecule has 0 amide bonds. The molecule has 1 unspecified atom stereocenters. The lowest BCUT2D eigenvalue weighted by molar-refractivity contribution is -0.139. The molecule has 0 aliphatic rings. The van der Waals surface area contributed by atoms with Crippen LogP contribution in [0.25, 0.3) is 0 Å². The van der Waals surface area contributed by atoms with Crippen LogP contribution in [0.4, 0.5) is 0 Å². The Morgan fingerprint density at radius 3 is 2.65 bits per heavy atom. The number of methoxy groups -OCH3 is 2. The molecule has 0 saturated heterocycles. The Morgan fingerprint density at radius 1 is 1.41 bits per heavy atom. The molecule has 0 aliphatic carbocycles.